The van der Waals surface area contributed by atoms with E-state index in [1.165, 1.54) is 0 Å². The van der Waals surface area contributed by atoms with E-state index in [4.69, 9.17) is 14.4 Å². The molecule has 19 heavy (non-hydrogen) atoms. The Balaban J connectivity index is 2.09. The molecule has 6 nitrogen and oxygen atoms in total. The summed E-state index contributed by atoms with van der Waals surface area (Å²) in [6, 6.07) is 7.20. The van der Waals surface area contributed by atoms with Gasteiger partial charge in [0.1, 0.15) is 5.75 Å². The quantitative estimate of drug-likeness (QED) is 0.850. The zero-order valence-electron chi connectivity index (χ0n) is 10.4. The van der Waals surface area contributed by atoms with Crippen molar-refractivity contribution in [1.29, 1.82) is 0 Å². The minimum atomic E-state index is -1.17. The summed E-state index contributed by atoms with van der Waals surface area (Å²) in [5.74, 6) is 1.89. The predicted octanol–water partition coefficient (Wildman–Crippen LogP) is 0.986. The van der Waals surface area contributed by atoms with Gasteiger partial charge >= 0.3 is 0 Å². The summed E-state index contributed by atoms with van der Waals surface area (Å²) in [6.07, 6.45) is 0. The molecule has 1 N–H and O–H groups in total. The number of ether oxygens (including phenoxy) is 1. The second-order valence-electron chi connectivity index (χ2n) is 3.76. The number of hydrogen-bond donors (Lipinski definition) is 1. The van der Waals surface area contributed by atoms with Crippen LogP contribution in [-0.2, 0) is 16.6 Å². The highest BCUT2D eigenvalue weighted by Gasteiger charge is 2.11. The van der Waals surface area contributed by atoms with Gasteiger partial charge in [-0.15, -0.1) is 0 Å². The Morgan fingerprint density at radius 2 is 2.11 bits per heavy atom. The van der Waals surface area contributed by atoms with Crippen LogP contribution in [0.15, 0.2) is 28.8 Å². The Hall–Kier alpha value is -1.73. The predicted molar refractivity (Wildman–Crippen MR) is 70.1 cm³/mol. The van der Waals surface area contributed by atoms with E-state index in [0.29, 0.717) is 11.7 Å². The van der Waals surface area contributed by atoms with Crippen molar-refractivity contribution in [2.75, 3.05) is 19.5 Å². The van der Waals surface area contributed by atoms with E-state index in [1.807, 2.05) is 0 Å². The zero-order chi connectivity index (χ0) is 13.7. The molecule has 0 aliphatic rings. The van der Waals surface area contributed by atoms with Gasteiger partial charge in [-0.1, -0.05) is 5.16 Å². The molecular formula is C12H14N2O4S. The number of rotatable bonds is 6. The fraction of sp³-hybridized carbons (Fsp3) is 0.333. The molecule has 2 rings (SSSR count). The Kier molecular flexibility index (Phi) is 4.64. The minimum absolute atomic E-state index is 0.115. The molecule has 0 saturated carbocycles. The highest BCUT2D eigenvalue weighted by Crippen LogP contribution is 2.20. The molecule has 7 heteroatoms. The average molecular weight is 282 g/mol. The van der Waals surface area contributed by atoms with Crippen LogP contribution in [0.1, 0.15) is 5.82 Å². The molecule has 1 aromatic heterocycles. The lowest BCUT2D eigenvalue weighted by molar-refractivity contribution is 0.321. The fourth-order valence-corrected chi connectivity index (χ4v) is 2.23. The maximum absolute atomic E-state index is 11.5. The number of aliphatic hydroxyl groups is 1. The lowest BCUT2D eigenvalue weighted by Gasteiger charge is -1.98. The average Bonchev–Trinajstić information content (AvgIpc) is 2.87. The maximum atomic E-state index is 11.5. The van der Waals surface area contributed by atoms with E-state index in [2.05, 4.69) is 10.1 Å². The third-order valence-electron chi connectivity index (χ3n) is 2.41. The van der Waals surface area contributed by atoms with Crippen molar-refractivity contribution in [1.82, 2.24) is 10.1 Å². The summed E-state index contributed by atoms with van der Waals surface area (Å²) < 4.78 is 21.6. The normalized spacial score (nSPS) is 12.3. The first-order chi connectivity index (χ1) is 9.22. The SMILES string of the molecule is COc1ccc(-c2nc(CS(=O)CCO)no2)cc1. The van der Waals surface area contributed by atoms with Crippen molar-refractivity contribution in [3.05, 3.63) is 30.1 Å². The number of methoxy groups -OCH3 is 1. The van der Waals surface area contributed by atoms with Crippen LogP contribution in [0.3, 0.4) is 0 Å². The molecule has 1 heterocycles. The molecule has 0 saturated heterocycles. The van der Waals surface area contributed by atoms with E-state index in [9.17, 15) is 4.21 Å². The van der Waals surface area contributed by atoms with Crippen molar-refractivity contribution in [3.8, 4) is 17.2 Å². The third kappa shape index (κ3) is 3.62. The smallest absolute Gasteiger partial charge is 0.257 e. The largest absolute Gasteiger partial charge is 0.497 e. The molecule has 0 spiro atoms. The van der Waals surface area contributed by atoms with Crippen molar-refractivity contribution >= 4 is 10.8 Å². The van der Waals surface area contributed by atoms with Gasteiger partial charge in [-0.05, 0) is 24.3 Å². The van der Waals surface area contributed by atoms with Gasteiger partial charge in [-0.2, -0.15) is 4.98 Å². The van der Waals surface area contributed by atoms with Gasteiger partial charge < -0.3 is 14.4 Å². The molecule has 0 radical (unpaired) electrons. The number of nitrogens with zero attached hydrogens (tertiary/aromatic N) is 2. The fourth-order valence-electron chi connectivity index (χ4n) is 1.48. The lowest BCUT2D eigenvalue weighted by Crippen LogP contribution is -2.05. The second kappa shape index (κ2) is 6.44. The molecule has 1 atom stereocenters. The monoisotopic (exact) mass is 282 g/mol. The van der Waals surface area contributed by atoms with Gasteiger partial charge in [0.15, 0.2) is 5.82 Å². The topological polar surface area (TPSA) is 85.5 Å². The van der Waals surface area contributed by atoms with Crippen LogP contribution in [0, 0.1) is 0 Å². The molecule has 0 aliphatic heterocycles. The molecule has 0 fully saturated rings. The molecule has 0 aliphatic carbocycles. The molecule has 2 aromatic rings. The number of benzene rings is 1. The van der Waals surface area contributed by atoms with Gasteiger partial charge in [-0.3, -0.25) is 4.21 Å². The van der Waals surface area contributed by atoms with Crippen LogP contribution >= 0.6 is 0 Å². The van der Waals surface area contributed by atoms with E-state index in [0.717, 1.165) is 11.3 Å². The van der Waals surface area contributed by atoms with E-state index < -0.39 is 10.8 Å². The van der Waals surface area contributed by atoms with Crippen LogP contribution < -0.4 is 4.74 Å². The van der Waals surface area contributed by atoms with Crippen LogP contribution in [0.2, 0.25) is 0 Å². The van der Waals surface area contributed by atoms with Gasteiger partial charge in [0.25, 0.3) is 5.89 Å². The van der Waals surface area contributed by atoms with Gasteiger partial charge in [0.2, 0.25) is 0 Å². The van der Waals surface area contributed by atoms with Crippen molar-refractivity contribution in [3.63, 3.8) is 0 Å². The van der Waals surface area contributed by atoms with Gasteiger partial charge in [0, 0.05) is 22.1 Å². The molecule has 0 bridgehead atoms. The minimum Gasteiger partial charge on any atom is -0.497 e. The summed E-state index contributed by atoms with van der Waals surface area (Å²) in [7, 11) is 0.419. The Morgan fingerprint density at radius 3 is 2.74 bits per heavy atom. The van der Waals surface area contributed by atoms with Crippen molar-refractivity contribution in [2.45, 2.75) is 5.75 Å². The van der Waals surface area contributed by atoms with Crippen molar-refractivity contribution in [2.24, 2.45) is 0 Å². The van der Waals surface area contributed by atoms with Crippen LogP contribution in [0.5, 0.6) is 5.75 Å². The first-order valence-corrected chi connectivity index (χ1v) is 7.14. The summed E-state index contributed by atoms with van der Waals surface area (Å²) in [5.41, 5.74) is 0.771. The molecule has 1 unspecified atom stereocenters. The number of hydrogen-bond acceptors (Lipinski definition) is 6. The Morgan fingerprint density at radius 1 is 1.37 bits per heavy atom. The Bertz CT molecular complexity index is 553. The van der Waals surface area contributed by atoms with Crippen LogP contribution in [-0.4, -0.2) is 38.9 Å². The standard InChI is InChI=1S/C12H14N2O4S/c1-17-10-4-2-9(3-5-10)12-13-11(14-18-12)8-19(16)7-6-15/h2-5,15H,6-8H2,1H3. The molecular weight excluding hydrogens is 268 g/mol. The van der Waals surface area contributed by atoms with E-state index >= 15 is 0 Å². The highest BCUT2D eigenvalue weighted by atomic mass is 32.2. The molecule has 102 valence electrons. The Labute approximate surface area is 112 Å². The maximum Gasteiger partial charge on any atom is 0.257 e. The highest BCUT2D eigenvalue weighted by molar-refractivity contribution is 7.84. The molecule has 1 aromatic carbocycles. The first kappa shape index (κ1) is 13.7. The third-order valence-corrected chi connectivity index (χ3v) is 3.63. The first-order valence-electron chi connectivity index (χ1n) is 5.66. The summed E-state index contributed by atoms with van der Waals surface area (Å²) in [5, 5.41) is 12.4. The van der Waals surface area contributed by atoms with E-state index in [-0.39, 0.29) is 18.1 Å². The lowest BCUT2D eigenvalue weighted by atomic mass is 10.2. The second-order valence-corrected chi connectivity index (χ2v) is 5.33. The van der Waals surface area contributed by atoms with Crippen LogP contribution in [0.4, 0.5) is 0 Å². The summed E-state index contributed by atoms with van der Waals surface area (Å²) in [6.45, 7) is -0.115. The van der Waals surface area contributed by atoms with Gasteiger partial charge in [0.05, 0.1) is 19.5 Å². The zero-order valence-corrected chi connectivity index (χ0v) is 11.2. The van der Waals surface area contributed by atoms with Gasteiger partial charge in [-0.25, -0.2) is 0 Å². The van der Waals surface area contributed by atoms with E-state index in [1.54, 1.807) is 31.4 Å². The van der Waals surface area contributed by atoms with Crippen molar-refractivity contribution < 1.29 is 18.6 Å². The summed E-state index contributed by atoms with van der Waals surface area (Å²) >= 11 is 0. The summed E-state index contributed by atoms with van der Waals surface area (Å²) in [4.78, 5) is 4.16. The number of aliphatic hydroxyl groups excluding tert-OH is 1. The van der Waals surface area contributed by atoms with Crippen LogP contribution in [0.25, 0.3) is 11.5 Å². The molecule has 0 amide bonds. The number of aromatic nitrogens is 2.